The molecule has 2 rings (SSSR count). The average Bonchev–Trinajstić information content (AvgIpc) is 2.29. The van der Waals surface area contributed by atoms with Gasteiger partial charge in [-0.05, 0) is 30.4 Å². The number of hydrogen-bond acceptors (Lipinski definition) is 3. The number of pyridine rings is 1. The van der Waals surface area contributed by atoms with Gasteiger partial charge in [0.15, 0.2) is 0 Å². The molecule has 1 heterocycles. The van der Waals surface area contributed by atoms with Gasteiger partial charge >= 0.3 is 0 Å². The van der Waals surface area contributed by atoms with Gasteiger partial charge in [0, 0.05) is 16.5 Å². The van der Waals surface area contributed by atoms with Gasteiger partial charge in [-0.3, -0.25) is 4.98 Å². The largest absolute Gasteiger partial charge is 0.397 e. The Labute approximate surface area is 93.9 Å². The summed E-state index contributed by atoms with van der Waals surface area (Å²) in [6, 6.07) is 8.06. The summed E-state index contributed by atoms with van der Waals surface area (Å²) >= 11 is 1.86. The van der Waals surface area contributed by atoms with E-state index in [1.807, 2.05) is 23.9 Å². The highest BCUT2D eigenvalue weighted by atomic mass is 32.2. The summed E-state index contributed by atoms with van der Waals surface area (Å²) in [6.07, 6.45) is 2.96. The summed E-state index contributed by atoms with van der Waals surface area (Å²) in [4.78, 5) is 5.58. The van der Waals surface area contributed by atoms with E-state index in [-0.39, 0.29) is 0 Å². The Kier molecular flexibility index (Phi) is 3.11. The van der Waals surface area contributed by atoms with Gasteiger partial charge in [-0.15, -0.1) is 11.8 Å². The zero-order chi connectivity index (χ0) is 10.7. The third kappa shape index (κ3) is 2.07. The maximum atomic E-state index is 5.88. The van der Waals surface area contributed by atoms with Gasteiger partial charge in [-0.2, -0.15) is 0 Å². The van der Waals surface area contributed by atoms with Crippen molar-refractivity contribution in [3.63, 3.8) is 0 Å². The second-order valence-corrected chi connectivity index (χ2v) is 4.54. The minimum absolute atomic E-state index is 0.756. The number of thioether (sulfide) groups is 1. The number of nitrogens with zero attached hydrogens (tertiary/aromatic N) is 1. The Hall–Kier alpha value is -1.22. The first-order chi connectivity index (χ1) is 7.33. The predicted molar refractivity (Wildman–Crippen MR) is 67.2 cm³/mol. The molecule has 0 spiro atoms. The van der Waals surface area contributed by atoms with Crippen LogP contribution in [0, 0.1) is 0 Å². The van der Waals surface area contributed by atoms with Crippen LogP contribution in [0.25, 0.3) is 10.9 Å². The van der Waals surface area contributed by atoms with Crippen LogP contribution >= 0.6 is 11.8 Å². The summed E-state index contributed by atoms with van der Waals surface area (Å²) in [5.74, 6) is 1.13. The maximum Gasteiger partial charge on any atom is 0.0942 e. The fraction of sp³-hybridized carbons (Fsp3) is 0.250. The van der Waals surface area contributed by atoms with Crippen molar-refractivity contribution in [2.45, 2.75) is 18.2 Å². The summed E-state index contributed by atoms with van der Waals surface area (Å²) in [6.45, 7) is 2.19. The predicted octanol–water partition coefficient (Wildman–Crippen LogP) is 3.32. The zero-order valence-electron chi connectivity index (χ0n) is 8.73. The molecular weight excluding hydrogens is 204 g/mol. The van der Waals surface area contributed by atoms with E-state index < -0.39 is 0 Å². The van der Waals surface area contributed by atoms with Gasteiger partial charge in [0.05, 0.1) is 11.2 Å². The van der Waals surface area contributed by atoms with Crippen molar-refractivity contribution in [1.82, 2.24) is 4.98 Å². The SMILES string of the molecule is CCCSc1ccc(N)c2ncccc12. The van der Waals surface area contributed by atoms with Crippen LogP contribution in [0.3, 0.4) is 0 Å². The average molecular weight is 218 g/mol. The number of hydrogen-bond donors (Lipinski definition) is 1. The summed E-state index contributed by atoms with van der Waals surface area (Å²) < 4.78 is 0. The molecular formula is C12H14N2S. The quantitative estimate of drug-likeness (QED) is 0.634. The molecule has 0 bridgehead atoms. The molecule has 2 N–H and O–H groups in total. The van der Waals surface area contributed by atoms with Crippen molar-refractivity contribution in [2.75, 3.05) is 11.5 Å². The molecule has 15 heavy (non-hydrogen) atoms. The van der Waals surface area contributed by atoms with Gasteiger partial charge in [-0.1, -0.05) is 13.0 Å². The summed E-state index contributed by atoms with van der Waals surface area (Å²) in [7, 11) is 0. The van der Waals surface area contributed by atoms with E-state index >= 15 is 0 Å². The first-order valence-electron chi connectivity index (χ1n) is 5.09. The molecule has 0 saturated heterocycles. The van der Waals surface area contributed by atoms with E-state index in [0.717, 1.165) is 22.3 Å². The Morgan fingerprint density at radius 3 is 3.00 bits per heavy atom. The lowest BCUT2D eigenvalue weighted by molar-refractivity contribution is 1.11. The van der Waals surface area contributed by atoms with Crippen LogP contribution in [-0.4, -0.2) is 10.7 Å². The fourth-order valence-corrected chi connectivity index (χ4v) is 2.41. The lowest BCUT2D eigenvalue weighted by atomic mass is 10.2. The molecule has 2 aromatic rings. The molecule has 0 aliphatic rings. The molecule has 2 nitrogen and oxygen atoms in total. The number of aromatic nitrogens is 1. The highest BCUT2D eigenvalue weighted by Crippen LogP contribution is 2.30. The zero-order valence-corrected chi connectivity index (χ0v) is 9.55. The molecule has 0 saturated carbocycles. The van der Waals surface area contributed by atoms with Crippen molar-refractivity contribution in [1.29, 1.82) is 0 Å². The molecule has 78 valence electrons. The van der Waals surface area contributed by atoms with Gasteiger partial charge < -0.3 is 5.73 Å². The number of nitrogens with two attached hydrogens (primary N) is 1. The van der Waals surface area contributed by atoms with Crippen LogP contribution in [0.1, 0.15) is 13.3 Å². The van der Waals surface area contributed by atoms with Crippen LogP contribution in [0.2, 0.25) is 0 Å². The number of nitrogen functional groups attached to an aromatic ring is 1. The third-order valence-electron chi connectivity index (χ3n) is 2.22. The molecule has 0 aliphatic carbocycles. The smallest absolute Gasteiger partial charge is 0.0942 e. The molecule has 0 radical (unpaired) electrons. The fourth-order valence-electron chi connectivity index (χ4n) is 1.51. The number of rotatable bonds is 3. The monoisotopic (exact) mass is 218 g/mol. The van der Waals surface area contributed by atoms with Crippen molar-refractivity contribution in [2.24, 2.45) is 0 Å². The lowest BCUT2D eigenvalue weighted by Crippen LogP contribution is -1.90. The number of fused-ring (bicyclic) bond motifs is 1. The van der Waals surface area contributed by atoms with Crippen LogP contribution in [-0.2, 0) is 0 Å². The lowest BCUT2D eigenvalue weighted by Gasteiger charge is -2.06. The molecule has 0 fully saturated rings. The van der Waals surface area contributed by atoms with Gasteiger partial charge in [0.1, 0.15) is 0 Å². The van der Waals surface area contributed by atoms with E-state index in [9.17, 15) is 0 Å². The van der Waals surface area contributed by atoms with E-state index in [2.05, 4.69) is 24.0 Å². The Balaban J connectivity index is 2.51. The second-order valence-electron chi connectivity index (χ2n) is 3.40. The van der Waals surface area contributed by atoms with Crippen molar-refractivity contribution >= 4 is 28.4 Å². The first kappa shape index (κ1) is 10.3. The molecule has 0 amide bonds. The highest BCUT2D eigenvalue weighted by molar-refractivity contribution is 7.99. The molecule has 1 aromatic carbocycles. The Bertz CT molecular complexity index is 468. The van der Waals surface area contributed by atoms with Crippen molar-refractivity contribution in [3.8, 4) is 0 Å². The van der Waals surface area contributed by atoms with Crippen LogP contribution in [0.15, 0.2) is 35.4 Å². The Morgan fingerprint density at radius 2 is 2.20 bits per heavy atom. The van der Waals surface area contributed by atoms with Gasteiger partial charge in [0.2, 0.25) is 0 Å². The normalized spacial score (nSPS) is 10.7. The first-order valence-corrected chi connectivity index (χ1v) is 6.07. The second kappa shape index (κ2) is 4.53. The molecule has 0 unspecified atom stereocenters. The summed E-state index contributed by atoms with van der Waals surface area (Å²) in [5.41, 5.74) is 7.55. The van der Waals surface area contributed by atoms with E-state index in [0.29, 0.717) is 0 Å². The standard InChI is InChI=1S/C12H14N2S/c1-2-8-15-11-6-5-10(13)12-9(11)4-3-7-14-12/h3-7H,2,8,13H2,1H3. The molecule has 3 heteroatoms. The number of anilines is 1. The summed E-state index contributed by atoms with van der Waals surface area (Å²) in [5, 5.41) is 1.16. The van der Waals surface area contributed by atoms with Gasteiger partial charge in [-0.25, -0.2) is 0 Å². The van der Waals surface area contributed by atoms with Crippen LogP contribution in [0.5, 0.6) is 0 Å². The van der Waals surface area contributed by atoms with Gasteiger partial charge in [0.25, 0.3) is 0 Å². The minimum Gasteiger partial charge on any atom is -0.397 e. The number of benzene rings is 1. The van der Waals surface area contributed by atoms with Crippen molar-refractivity contribution < 1.29 is 0 Å². The molecule has 0 atom stereocenters. The van der Waals surface area contributed by atoms with E-state index in [4.69, 9.17) is 5.73 Å². The van der Waals surface area contributed by atoms with E-state index in [1.54, 1.807) is 6.20 Å². The van der Waals surface area contributed by atoms with E-state index in [1.165, 1.54) is 11.3 Å². The highest BCUT2D eigenvalue weighted by Gasteiger charge is 2.04. The topological polar surface area (TPSA) is 38.9 Å². The minimum atomic E-state index is 0.756. The molecule has 1 aromatic heterocycles. The Morgan fingerprint density at radius 1 is 1.33 bits per heavy atom. The van der Waals surface area contributed by atoms with Crippen molar-refractivity contribution in [3.05, 3.63) is 30.5 Å². The van der Waals surface area contributed by atoms with Crippen LogP contribution in [0.4, 0.5) is 5.69 Å². The van der Waals surface area contributed by atoms with Crippen LogP contribution < -0.4 is 5.73 Å². The maximum absolute atomic E-state index is 5.88. The molecule has 0 aliphatic heterocycles. The third-order valence-corrected chi connectivity index (χ3v) is 3.50.